The zero-order valence-electron chi connectivity index (χ0n) is 6.55. The Hall–Kier alpha value is -1.40. The number of cyclic esters (lactones) is 1. The van der Waals surface area contributed by atoms with Crippen LogP contribution in [0.2, 0.25) is 0 Å². The van der Waals surface area contributed by atoms with E-state index >= 15 is 0 Å². The molecule has 1 atom stereocenters. The summed E-state index contributed by atoms with van der Waals surface area (Å²) in [4.78, 5) is 21.4. The van der Waals surface area contributed by atoms with Gasteiger partial charge in [0.25, 0.3) is 6.43 Å². The number of ether oxygens (including phenoxy) is 1. The van der Waals surface area contributed by atoms with Crippen molar-refractivity contribution in [3.63, 3.8) is 0 Å². The van der Waals surface area contributed by atoms with Gasteiger partial charge < -0.3 is 15.4 Å². The highest BCUT2D eigenvalue weighted by Crippen LogP contribution is 1.97. The summed E-state index contributed by atoms with van der Waals surface area (Å²) < 4.78 is 27.6. The molecule has 1 fully saturated rings. The van der Waals surface area contributed by atoms with Gasteiger partial charge in [0.15, 0.2) is 0 Å². The maximum absolute atomic E-state index is 11.6. The molecule has 0 radical (unpaired) electrons. The van der Waals surface area contributed by atoms with Gasteiger partial charge in [0.2, 0.25) is 5.91 Å². The van der Waals surface area contributed by atoms with Gasteiger partial charge in [-0.05, 0) is 0 Å². The Morgan fingerprint density at radius 2 is 2.46 bits per heavy atom. The molecule has 2 N–H and O–H groups in total. The van der Waals surface area contributed by atoms with Crippen LogP contribution in [0.3, 0.4) is 0 Å². The largest absolute Gasteiger partial charge is 0.447 e. The van der Waals surface area contributed by atoms with E-state index in [9.17, 15) is 18.4 Å². The number of hydrogen-bond donors (Lipinski definition) is 2. The van der Waals surface area contributed by atoms with E-state index in [1.165, 1.54) is 0 Å². The number of alkyl halides is 2. The number of alkyl carbamates (subject to hydrolysis) is 1. The van der Waals surface area contributed by atoms with Crippen LogP contribution < -0.4 is 10.6 Å². The fraction of sp³-hybridized carbons (Fsp3) is 0.667. The van der Waals surface area contributed by atoms with Crippen LogP contribution in [0.4, 0.5) is 13.6 Å². The second kappa shape index (κ2) is 4.01. The molecule has 0 aliphatic carbocycles. The summed E-state index contributed by atoms with van der Waals surface area (Å²) in [5.74, 6) is -0.661. The number of amides is 2. The van der Waals surface area contributed by atoms with E-state index in [1.807, 2.05) is 5.32 Å². The van der Waals surface area contributed by atoms with Gasteiger partial charge in [-0.15, -0.1) is 0 Å². The normalized spacial score (nSPS) is 21.2. The number of halogens is 2. The maximum Gasteiger partial charge on any atom is 0.407 e. The number of rotatable bonds is 3. The molecule has 1 heterocycles. The third kappa shape index (κ3) is 2.85. The predicted octanol–water partition coefficient (Wildman–Crippen LogP) is -0.524. The van der Waals surface area contributed by atoms with Crippen LogP contribution in [0, 0.1) is 0 Å². The molecule has 1 aliphatic heterocycles. The first-order chi connectivity index (χ1) is 6.09. The molecule has 5 nitrogen and oxygen atoms in total. The Bertz CT molecular complexity index is 222. The van der Waals surface area contributed by atoms with Gasteiger partial charge in [0.05, 0.1) is 6.54 Å². The van der Waals surface area contributed by atoms with Crippen LogP contribution in [-0.2, 0) is 9.53 Å². The van der Waals surface area contributed by atoms with Crippen molar-refractivity contribution in [3.05, 3.63) is 0 Å². The first-order valence-corrected chi connectivity index (χ1v) is 3.58. The molecular formula is C6H8F2N2O3. The molecular weight excluding hydrogens is 186 g/mol. The second-order valence-corrected chi connectivity index (χ2v) is 2.43. The molecule has 1 unspecified atom stereocenters. The quantitative estimate of drug-likeness (QED) is 0.635. The maximum atomic E-state index is 11.6. The summed E-state index contributed by atoms with van der Waals surface area (Å²) in [7, 11) is 0. The fourth-order valence-corrected chi connectivity index (χ4v) is 0.827. The van der Waals surface area contributed by atoms with Crippen molar-refractivity contribution in [2.24, 2.45) is 0 Å². The molecule has 0 bridgehead atoms. The highest BCUT2D eigenvalue weighted by molar-refractivity contribution is 5.87. The van der Waals surface area contributed by atoms with Crippen molar-refractivity contribution < 1.29 is 23.1 Å². The van der Waals surface area contributed by atoms with Gasteiger partial charge in [-0.2, -0.15) is 0 Å². The van der Waals surface area contributed by atoms with Crippen LogP contribution in [0.1, 0.15) is 0 Å². The second-order valence-electron chi connectivity index (χ2n) is 2.43. The van der Waals surface area contributed by atoms with E-state index in [-0.39, 0.29) is 6.61 Å². The van der Waals surface area contributed by atoms with Crippen molar-refractivity contribution in [2.75, 3.05) is 13.2 Å². The molecule has 1 rings (SSSR count). The Morgan fingerprint density at radius 3 is 2.92 bits per heavy atom. The summed E-state index contributed by atoms with van der Waals surface area (Å²) in [5, 5.41) is 4.12. The molecule has 2 amide bonds. The lowest BCUT2D eigenvalue weighted by atomic mass is 10.3. The van der Waals surface area contributed by atoms with Crippen molar-refractivity contribution in [3.8, 4) is 0 Å². The van der Waals surface area contributed by atoms with Gasteiger partial charge in [-0.25, -0.2) is 13.6 Å². The van der Waals surface area contributed by atoms with Crippen molar-refractivity contribution >= 4 is 12.0 Å². The number of hydrogen-bond acceptors (Lipinski definition) is 3. The summed E-state index contributed by atoms with van der Waals surface area (Å²) in [6.07, 6.45) is -3.31. The van der Waals surface area contributed by atoms with Crippen molar-refractivity contribution in [2.45, 2.75) is 12.5 Å². The van der Waals surface area contributed by atoms with E-state index in [1.54, 1.807) is 0 Å². The minimum absolute atomic E-state index is 0.117. The molecule has 0 saturated carbocycles. The zero-order valence-corrected chi connectivity index (χ0v) is 6.55. The number of carbonyl (C=O) groups excluding carboxylic acids is 2. The molecule has 1 aliphatic rings. The molecule has 0 aromatic heterocycles. The molecule has 0 spiro atoms. The summed E-state index contributed by atoms with van der Waals surface area (Å²) in [6.45, 7) is -0.834. The molecule has 0 aromatic rings. The number of nitrogens with one attached hydrogen (secondary N) is 2. The number of carbonyl (C=O) groups is 2. The fourth-order valence-electron chi connectivity index (χ4n) is 0.827. The Morgan fingerprint density at radius 1 is 1.77 bits per heavy atom. The SMILES string of the molecule is O=C1NC(C(=O)NCC(F)F)CO1. The monoisotopic (exact) mass is 194 g/mol. The van der Waals surface area contributed by atoms with Crippen LogP contribution in [0.15, 0.2) is 0 Å². The molecule has 13 heavy (non-hydrogen) atoms. The summed E-state index contributed by atoms with van der Waals surface area (Å²) in [6, 6.07) is -0.855. The van der Waals surface area contributed by atoms with Crippen molar-refractivity contribution in [1.29, 1.82) is 0 Å². The minimum atomic E-state index is -2.60. The minimum Gasteiger partial charge on any atom is -0.447 e. The lowest BCUT2D eigenvalue weighted by Crippen LogP contribution is -2.44. The first-order valence-electron chi connectivity index (χ1n) is 3.58. The highest BCUT2D eigenvalue weighted by atomic mass is 19.3. The smallest absolute Gasteiger partial charge is 0.407 e. The molecule has 0 aromatic carbocycles. The Kier molecular flexibility index (Phi) is 2.99. The van der Waals surface area contributed by atoms with Gasteiger partial charge in [-0.1, -0.05) is 0 Å². The average molecular weight is 194 g/mol. The molecule has 74 valence electrons. The third-order valence-corrected chi connectivity index (χ3v) is 1.42. The van der Waals surface area contributed by atoms with E-state index in [2.05, 4.69) is 10.1 Å². The van der Waals surface area contributed by atoms with Gasteiger partial charge in [0.1, 0.15) is 12.6 Å². The van der Waals surface area contributed by atoms with Gasteiger partial charge in [-0.3, -0.25) is 4.79 Å². The lowest BCUT2D eigenvalue weighted by molar-refractivity contribution is -0.123. The van der Waals surface area contributed by atoms with E-state index < -0.39 is 31.0 Å². The van der Waals surface area contributed by atoms with E-state index in [0.29, 0.717) is 0 Å². The van der Waals surface area contributed by atoms with E-state index in [0.717, 1.165) is 0 Å². The summed E-state index contributed by atoms with van der Waals surface area (Å²) >= 11 is 0. The van der Waals surface area contributed by atoms with Crippen LogP contribution in [0.25, 0.3) is 0 Å². The average Bonchev–Trinajstić information content (AvgIpc) is 2.47. The summed E-state index contributed by atoms with van der Waals surface area (Å²) in [5.41, 5.74) is 0. The topological polar surface area (TPSA) is 67.4 Å². The zero-order chi connectivity index (χ0) is 9.84. The van der Waals surface area contributed by atoms with Crippen LogP contribution >= 0.6 is 0 Å². The predicted molar refractivity (Wildman–Crippen MR) is 37.3 cm³/mol. The van der Waals surface area contributed by atoms with Gasteiger partial charge >= 0.3 is 6.09 Å². The Balaban J connectivity index is 2.27. The highest BCUT2D eigenvalue weighted by Gasteiger charge is 2.28. The van der Waals surface area contributed by atoms with Crippen LogP contribution in [0.5, 0.6) is 0 Å². The van der Waals surface area contributed by atoms with Crippen molar-refractivity contribution in [1.82, 2.24) is 10.6 Å². The Labute approximate surface area is 72.4 Å². The van der Waals surface area contributed by atoms with E-state index in [4.69, 9.17) is 0 Å². The molecule has 1 saturated heterocycles. The first kappa shape index (κ1) is 9.69. The standard InChI is InChI=1S/C6H8F2N2O3/c7-4(8)1-9-5(11)3-2-13-6(12)10-3/h3-4H,1-2H2,(H,9,11)(H,10,12). The molecule has 7 heteroatoms. The lowest BCUT2D eigenvalue weighted by Gasteiger charge is -2.07. The third-order valence-electron chi connectivity index (χ3n) is 1.42. The van der Waals surface area contributed by atoms with Gasteiger partial charge in [0, 0.05) is 0 Å². The van der Waals surface area contributed by atoms with Crippen LogP contribution in [-0.4, -0.2) is 37.6 Å².